The number of nitrogens with one attached hydrogen (secondary N) is 1. The zero-order chi connectivity index (χ0) is 18.0. The molecule has 3 atom stereocenters. The first-order valence-electron chi connectivity index (χ1n) is 8.61. The third-order valence-corrected chi connectivity index (χ3v) is 6.76. The van der Waals surface area contributed by atoms with E-state index in [2.05, 4.69) is 19.2 Å². The van der Waals surface area contributed by atoms with Crippen LogP contribution in [0, 0.1) is 11.8 Å². The Bertz CT molecular complexity index is 788. The van der Waals surface area contributed by atoms with Gasteiger partial charge in [0.2, 0.25) is 0 Å². The minimum absolute atomic E-state index is 0.155. The van der Waals surface area contributed by atoms with E-state index in [0.717, 1.165) is 22.9 Å². The van der Waals surface area contributed by atoms with Crippen LogP contribution in [-0.4, -0.2) is 24.5 Å². The van der Waals surface area contributed by atoms with Crippen molar-refractivity contribution in [3.63, 3.8) is 0 Å². The Balaban J connectivity index is 1.58. The molecule has 0 unspecified atom stereocenters. The Hall–Kier alpha value is -1.59. The molecule has 1 aliphatic rings. The molecule has 0 spiro atoms. The molecule has 134 valence electrons. The molecule has 1 heterocycles. The van der Waals surface area contributed by atoms with Crippen LogP contribution in [0.4, 0.5) is 0 Å². The summed E-state index contributed by atoms with van der Waals surface area (Å²) in [6, 6.07) is 7.69. The van der Waals surface area contributed by atoms with Crippen molar-refractivity contribution in [3.8, 4) is 0 Å². The van der Waals surface area contributed by atoms with Crippen LogP contribution in [0.15, 0.2) is 24.3 Å². The van der Waals surface area contributed by atoms with Gasteiger partial charge in [-0.1, -0.05) is 56.5 Å². The van der Waals surface area contributed by atoms with Crippen LogP contribution < -0.4 is 5.32 Å². The van der Waals surface area contributed by atoms with Crippen LogP contribution in [-0.2, 0) is 9.53 Å². The summed E-state index contributed by atoms with van der Waals surface area (Å²) in [5, 5.41) is 4.22. The van der Waals surface area contributed by atoms with E-state index >= 15 is 0 Å². The van der Waals surface area contributed by atoms with Crippen LogP contribution in [0.25, 0.3) is 10.1 Å². The average molecular weight is 380 g/mol. The summed E-state index contributed by atoms with van der Waals surface area (Å²) in [5.74, 6) is 0.229. The van der Waals surface area contributed by atoms with Gasteiger partial charge in [-0.2, -0.15) is 0 Å². The van der Waals surface area contributed by atoms with E-state index in [1.165, 1.54) is 17.8 Å². The quantitative estimate of drug-likeness (QED) is 0.786. The second-order valence-corrected chi connectivity index (χ2v) is 8.19. The van der Waals surface area contributed by atoms with Crippen molar-refractivity contribution >= 4 is 44.9 Å². The molecule has 1 aromatic carbocycles. The van der Waals surface area contributed by atoms with Crippen LogP contribution in [0.5, 0.6) is 0 Å². The Morgan fingerprint density at radius 3 is 2.80 bits per heavy atom. The molecular weight excluding hydrogens is 358 g/mol. The number of fused-ring (bicyclic) bond motifs is 1. The molecule has 0 radical (unpaired) electrons. The molecule has 1 saturated carbocycles. The van der Waals surface area contributed by atoms with Crippen LogP contribution >= 0.6 is 22.9 Å². The van der Waals surface area contributed by atoms with Crippen molar-refractivity contribution in [1.29, 1.82) is 0 Å². The number of esters is 1. The Kier molecular flexibility index (Phi) is 5.64. The van der Waals surface area contributed by atoms with Crippen molar-refractivity contribution in [2.75, 3.05) is 6.61 Å². The molecule has 2 aromatic rings. The third-order valence-electron chi connectivity index (χ3n) is 5.11. The van der Waals surface area contributed by atoms with E-state index in [4.69, 9.17) is 16.3 Å². The number of benzene rings is 1. The average Bonchev–Trinajstić information content (AvgIpc) is 2.94. The van der Waals surface area contributed by atoms with Gasteiger partial charge in [0.1, 0.15) is 4.88 Å². The van der Waals surface area contributed by atoms with E-state index in [1.807, 2.05) is 24.3 Å². The number of carbonyl (C=O) groups is 2. The normalized spacial score (nSPS) is 23.4. The van der Waals surface area contributed by atoms with Crippen molar-refractivity contribution in [2.45, 2.75) is 39.2 Å². The van der Waals surface area contributed by atoms with Crippen LogP contribution in [0.3, 0.4) is 0 Å². The van der Waals surface area contributed by atoms with Gasteiger partial charge in [0, 0.05) is 16.1 Å². The van der Waals surface area contributed by atoms with E-state index in [9.17, 15) is 9.59 Å². The number of hydrogen-bond acceptors (Lipinski definition) is 4. The van der Waals surface area contributed by atoms with Crippen LogP contribution in [0.2, 0.25) is 5.02 Å². The van der Waals surface area contributed by atoms with Gasteiger partial charge in [0.15, 0.2) is 6.61 Å². The molecule has 25 heavy (non-hydrogen) atoms. The number of halogens is 1. The summed E-state index contributed by atoms with van der Waals surface area (Å²) >= 11 is 7.55. The monoisotopic (exact) mass is 379 g/mol. The molecule has 0 aliphatic heterocycles. The van der Waals surface area contributed by atoms with Gasteiger partial charge in [-0.15, -0.1) is 11.3 Å². The fourth-order valence-electron chi connectivity index (χ4n) is 3.38. The first-order chi connectivity index (χ1) is 12.0. The minimum atomic E-state index is -0.550. The van der Waals surface area contributed by atoms with E-state index in [-0.39, 0.29) is 18.6 Å². The molecule has 0 bridgehead atoms. The number of thiophene rings is 1. The first kappa shape index (κ1) is 18.2. The lowest BCUT2D eigenvalue weighted by atomic mass is 9.78. The maximum atomic E-state index is 12.3. The van der Waals surface area contributed by atoms with Gasteiger partial charge in [-0.05, 0) is 24.3 Å². The molecule has 1 aliphatic carbocycles. The molecule has 0 saturated heterocycles. The van der Waals surface area contributed by atoms with Gasteiger partial charge in [0.05, 0.1) is 5.02 Å². The zero-order valence-electron chi connectivity index (χ0n) is 14.4. The highest BCUT2D eigenvalue weighted by Crippen LogP contribution is 2.35. The maximum Gasteiger partial charge on any atom is 0.350 e. The van der Waals surface area contributed by atoms with Gasteiger partial charge < -0.3 is 10.1 Å². The van der Waals surface area contributed by atoms with Crippen molar-refractivity contribution < 1.29 is 14.3 Å². The molecular formula is C19H22ClNO3S. The summed E-state index contributed by atoms with van der Waals surface area (Å²) in [4.78, 5) is 24.8. The van der Waals surface area contributed by atoms with Gasteiger partial charge in [-0.3, -0.25) is 4.79 Å². The van der Waals surface area contributed by atoms with Gasteiger partial charge in [0.25, 0.3) is 5.91 Å². The van der Waals surface area contributed by atoms with Crippen molar-refractivity contribution in [1.82, 2.24) is 5.32 Å². The highest BCUT2D eigenvalue weighted by molar-refractivity contribution is 7.21. The number of hydrogen-bond donors (Lipinski definition) is 1. The predicted molar refractivity (Wildman–Crippen MR) is 101 cm³/mol. The minimum Gasteiger partial charge on any atom is -0.451 e. The van der Waals surface area contributed by atoms with Crippen molar-refractivity contribution in [3.05, 3.63) is 34.2 Å². The lowest BCUT2D eigenvalue weighted by Crippen LogP contribution is -2.45. The summed E-state index contributed by atoms with van der Waals surface area (Å²) in [5.41, 5.74) is 0. The Morgan fingerprint density at radius 1 is 1.28 bits per heavy atom. The Labute approximate surface area is 156 Å². The zero-order valence-corrected chi connectivity index (χ0v) is 16.0. The number of amides is 1. The fourth-order valence-corrected chi connectivity index (χ4v) is 4.78. The molecule has 6 heteroatoms. The molecule has 3 rings (SSSR count). The largest absolute Gasteiger partial charge is 0.451 e. The summed E-state index contributed by atoms with van der Waals surface area (Å²) < 4.78 is 6.10. The van der Waals surface area contributed by atoms with E-state index < -0.39 is 5.97 Å². The second-order valence-electron chi connectivity index (χ2n) is 6.76. The summed E-state index contributed by atoms with van der Waals surface area (Å²) in [6.45, 7) is 4.10. The first-order valence-corrected chi connectivity index (χ1v) is 9.80. The number of ether oxygens (including phenoxy) is 1. The van der Waals surface area contributed by atoms with Gasteiger partial charge >= 0.3 is 5.97 Å². The predicted octanol–water partition coefficient (Wildman–Crippen LogP) is 4.65. The molecule has 1 fully saturated rings. The highest BCUT2D eigenvalue weighted by atomic mass is 35.5. The maximum absolute atomic E-state index is 12.3. The summed E-state index contributed by atoms with van der Waals surface area (Å²) in [7, 11) is 0. The summed E-state index contributed by atoms with van der Waals surface area (Å²) in [6.07, 6.45) is 3.30. The lowest BCUT2D eigenvalue weighted by molar-refractivity contribution is -0.125. The highest BCUT2D eigenvalue weighted by Gasteiger charge is 2.28. The van der Waals surface area contributed by atoms with E-state index in [0.29, 0.717) is 21.7 Å². The molecule has 1 N–H and O–H groups in total. The smallest absolute Gasteiger partial charge is 0.350 e. The lowest BCUT2D eigenvalue weighted by Gasteiger charge is -2.34. The fraction of sp³-hybridized carbons (Fsp3) is 0.474. The standard InChI is InChI=1S/C19H22ClNO3S/c1-11-6-5-8-14(12(11)2)21-16(22)10-24-19(23)18-17(20)13-7-3-4-9-15(13)25-18/h3-4,7,9,11-12,14H,5-6,8,10H2,1-2H3,(H,21,22)/t11-,12+,14-/m0/s1. The molecule has 1 aromatic heterocycles. The molecule has 4 nitrogen and oxygen atoms in total. The third kappa shape index (κ3) is 3.98. The number of carbonyl (C=O) groups excluding carboxylic acids is 2. The van der Waals surface area contributed by atoms with Crippen molar-refractivity contribution in [2.24, 2.45) is 11.8 Å². The topological polar surface area (TPSA) is 55.4 Å². The number of rotatable bonds is 4. The van der Waals surface area contributed by atoms with E-state index in [1.54, 1.807) is 0 Å². The SMILES string of the molecule is C[C@H]1[C@@H](NC(=O)COC(=O)c2sc3ccccc3c2Cl)CCC[C@@H]1C. The second kappa shape index (κ2) is 7.75. The Morgan fingerprint density at radius 2 is 2.04 bits per heavy atom. The molecule has 1 amide bonds. The van der Waals surface area contributed by atoms with Crippen LogP contribution in [0.1, 0.15) is 42.8 Å². The van der Waals surface area contributed by atoms with Gasteiger partial charge in [-0.25, -0.2) is 4.79 Å².